The SMILES string of the molecule is Cc1nc(C(=O)Nc2ccn(Cc3ccncc3)n2)c2cc[nH]c2n1. The molecule has 0 spiro atoms. The van der Waals surface area contributed by atoms with E-state index in [0.29, 0.717) is 34.9 Å². The third kappa shape index (κ3) is 3.09. The first-order chi connectivity index (χ1) is 12.2. The number of fused-ring (bicyclic) bond motifs is 1. The van der Waals surface area contributed by atoms with E-state index in [9.17, 15) is 4.79 Å². The minimum Gasteiger partial charge on any atom is -0.346 e. The molecule has 0 aromatic carbocycles. The summed E-state index contributed by atoms with van der Waals surface area (Å²) in [5, 5.41) is 7.84. The van der Waals surface area contributed by atoms with Crippen molar-refractivity contribution < 1.29 is 4.79 Å². The topological polar surface area (TPSA) is 101 Å². The number of aromatic nitrogens is 6. The van der Waals surface area contributed by atoms with E-state index in [2.05, 4.69) is 30.4 Å². The molecule has 0 aliphatic heterocycles. The fourth-order valence-electron chi connectivity index (χ4n) is 2.59. The van der Waals surface area contributed by atoms with Crippen LogP contribution < -0.4 is 5.32 Å². The summed E-state index contributed by atoms with van der Waals surface area (Å²) in [6.45, 7) is 2.35. The third-order valence-corrected chi connectivity index (χ3v) is 3.72. The Hall–Kier alpha value is -3.55. The highest BCUT2D eigenvalue weighted by Crippen LogP contribution is 2.16. The minimum atomic E-state index is -0.315. The Morgan fingerprint density at radius 1 is 1.20 bits per heavy atom. The van der Waals surface area contributed by atoms with Crippen LogP contribution in [0.1, 0.15) is 21.9 Å². The van der Waals surface area contributed by atoms with E-state index < -0.39 is 0 Å². The summed E-state index contributed by atoms with van der Waals surface area (Å²) >= 11 is 0. The molecule has 0 bridgehead atoms. The Morgan fingerprint density at radius 3 is 2.88 bits per heavy atom. The molecular weight excluding hydrogens is 318 g/mol. The summed E-state index contributed by atoms with van der Waals surface area (Å²) in [6.07, 6.45) is 7.02. The summed E-state index contributed by atoms with van der Waals surface area (Å²) < 4.78 is 1.75. The largest absolute Gasteiger partial charge is 0.346 e. The van der Waals surface area contributed by atoms with Gasteiger partial charge in [-0.2, -0.15) is 5.10 Å². The number of aryl methyl sites for hydroxylation is 1. The predicted octanol–water partition coefficient (Wildman–Crippen LogP) is 2.16. The van der Waals surface area contributed by atoms with Crippen molar-refractivity contribution in [3.63, 3.8) is 0 Å². The van der Waals surface area contributed by atoms with Crippen LogP contribution in [0.25, 0.3) is 11.0 Å². The lowest BCUT2D eigenvalue weighted by Gasteiger charge is -2.04. The Balaban J connectivity index is 1.54. The number of pyridine rings is 1. The number of carbonyl (C=O) groups excluding carboxylic acids is 1. The minimum absolute atomic E-state index is 0.315. The number of hydrogen-bond acceptors (Lipinski definition) is 5. The van der Waals surface area contributed by atoms with Crippen molar-refractivity contribution in [3.05, 3.63) is 66.1 Å². The van der Waals surface area contributed by atoms with Gasteiger partial charge in [0.05, 0.1) is 11.9 Å². The molecule has 0 radical (unpaired) electrons. The fraction of sp³-hybridized carbons (Fsp3) is 0.118. The van der Waals surface area contributed by atoms with Crippen LogP contribution in [0.5, 0.6) is 0 Å². The molecule has 25 heavy (non-hydrogen) atoms. The summed E-state index contributed by atoms with van der Waals surface area (Å²) in [4.78, 5) is 28.1. The van der Waals surface area contributed by atoms with E-state index in [1.54, 1.807) is 42.3 Å². The Labute approximate surface area is 143 Å². The Morgan fingerprint density at radius 2 is 2.04 bits per heavy atom. The molecule has 0 unspecified atom stereocenters. The van der Waals surface area contributed by atoms with Crippen molar-refractivity contribution in [2.24, 2.45) is 0 Å². The number of nitrogens with zero attached hydrogens (tertiary/aromatic N) is 5. The zero-order valence-electron chi connectivity index (χ0n) is 13.5. The van der Waals surface area contributed by atoms with E-state index in [1.165, 1.54) is 0 Å². The highest BCUT2D eigenvalue weighted by molar-refractivity contribution is 6.10. The van der Waals surface area contributed by atoms with Crippen molar-refractivity contribution in [3.8, 4) is 0 Å². The third-order valence-electron chi connectivity index (χ3n) is 3.72. The molecule has 8 nitrogen and oxygen atoms in total. The van der Waals surface area contributed by atoms with E-state index in [4.69, 9.17) is 0 Å². The van der Waals surface area contributed by atoms with Gasteiger partial charge < -0.3 is 10.3 Å². The molecule has 124 valence electrons. The monoisotopic (exact) mass is 333 g/mol. The number of rotatable bonds is 4. The van der Waals surface area contributed by atoms with Gasteiger partial charge in [-0.05, 0) is 30.7 Å². The standard InChI is InChI=1S/C17H15N7O/c1-11-20-15(13-4-8-19-16(13)21-11)17(25)22-14-5-9-24(23-14)10-12-2-6-18-7-3-12/h2-9H,10H2,1H3,(H,19,20,21)(H,22,23,25). The van der Waals surface area contributed by atoms with Crippen LogP contribution in [0, 0.1) is 6.92 Å². The van der Waals surface area contributed by atoms with Crippen molar-refractivity contribution in [2.45, 2.75) is 13.5 Å². The maximum Gasteiger partial charge on any atom is 0.276 e. The first-order valence-corrected chi connectivity index (χ1v) is 7.74. The summed E-state index contributed by atoms with van der Waals surface area (Å²) in [5.74, 6) is 0.687. The average molecular weight is 333 g/mol. The van der Waals surface area contributed by atoms with Crippen LogP contribution in [0.4, 0.5) is 5.82 Å². The van der Waals surface area contributed by atoms with Gasteiger partial charge in [-0.15, -0.1) is 0 Å². The maximum atomic E-state index is 12.6. The molecule has 0 fully saturated rings. The molecule has 4 heterocycles. The van der Waals surface area contributed by atoms with Gasteiger partial charge in [0.1, 0.15) is 17.2 Å². The predicted molar refractivity (Wildman–Crippen MR) is 92.1 cm³/mol. The lowest BCUT2D eigenvalue weighted by molar-refractivity contribution is 0.102. The molecule has 0 aliphatic rings. The average Bonchev–Trinajstić information content (AvgIpc) is 3.24. The summed E-state index contributed by atoms with van der Waals surface area (Å²) in [7, 11) is 0. The first-order valence-electron chi connectivity index (χ1n) is 7.74. The van der Waals surface area contributed by atoms with Crippen LogP contribution >= 0.6 is 0 Å². The van der Waals surface area contributed by atoms with Gasteiger partial charge in [0, 0.05) is 30.9 Å². The molecule has 0 atom stereocenters. The van der Waals surface area contributed by atoms with Gasteiger partial charge in [0.15, 0.2) is 5.82 Å². The van der Waals surface area contributed by atoms with Crippen molar-refractivity contribution in [1.29, 1.82) is 0 Å². The molecule has 0 aliphatic carbocycles. The van der Waals surface area contributed by atoms with Gasteiger partial charge in [0.2, 0.25) is 0 Å². The number of anilines is 1. The first kappa shape index (κ1) is 15.0. The van der Waals surface area contributed by atoms with E-state index >= 15 is 0 Å². The number of hydrogen-bond donors (Lipinski definition) is 2. The summed E-state index contributed by atoms with van der Waals surface area (Å²) in [6, 6.07) is 7.38. The number of carbonyl (C=O) groups is 1. The van der Waals surface area contributed by atoms with Gasteiger partial charge in [-0.1, -0.05) is 0 Å². The number of amides is 1. The van der Waals surface area contributed by atoms with Crippen LogP contribution in [-0.4, -0.2) is 35.6 Å². The normalized spacial score (nSPS) is 10.9. The van der Waals surface area contributed by atoms with Crippen molar-refractivity contribution in [1.82, 2.24) is 29.7 Å². The van der Waals surface area contributed by atoms with Crippen molar-refractivity contribution >= 4 is 22.8 Å². The lowest BCUT2D eigenvalue weighted by Crippen LogP contribution is -2.16. The molecule has 8 heteroatoms. The van der Waals surface area contributed by atoms with Crippen LogP contribution in [0.3, 0.4) is 0 Å². The van der Waals surface area contributed by atoms with Crippen molar-refractivity contribution in [2.75, 3.05) is 5.32 Å². The molecule has 4 aromatic heterocycles. The number of H-pyrrole nitrogens is 1. The van der Waals surface area contributed by atoms with Gasteiger partial charge in [0.25, 0.3) is 5.91 Å². The van der Waals surface area contributed by atoms with E-state index in [-0.39, 0.29) is 5.91 Å². The molecular formula is C17H15N7O. The second-order valence-corrected chi connectivity index (χ2v) is 5.57. The molecule has 4 aromatic rings. The number of nitrogens with one attached hydrogen (secondary N) is 2. The second kappa shape index (κ2) is 6.16. The molecule has 2 N–H and O–H groups in total. The second-order valence-electron chi connectivity index (χ2n) is 5.57. The fourth-order valence-corrected chi connectivity index (χ4v) is 2.59. The molecule has 4 rings (SSSR count). The molecule has 0 saturated heterocycles. The maximum absolute atomic E-state index is 12.6. The molecule has 1 amide bonds. The Kier molecular flexibility index (Phi) is 3.70. The van der Waals surface area contributed by atoms with Crippen LogP contribution in [0.15, 0.2) is 49.1 Å². The zero-order valence-corrected chi connectivity index (χ0v) is 13.5. The van der Waals surface area contributed by atoms with E-state index in [0.717, 1.165) is 5.56 Å². The smallest absolute Gasteiger partial charge is 0.276 e. The zero-order chi connectivity index (χ0) is 17.2. The number of aromatic amines is 1. The van der Waals surface area contributed by atoms with Crippen LogP contribution in [-0.2, 0) is 6.54 Å². The van der Waals surface area contributed by atoms with Gasteiger partial charge in [-0.3, -0.25) is 14.5 Å². The highest BCUT2D eigenvalue weighted by Gasteiger charge is 2.15. The quantitative estimate of drug-likeness (QED) is 0.596. The Bertz CT molecular complexity index is 1040. The van der Waals surface area contributed by atoms with Crippen LogP contribution in [0.2, 0.25) is 0 Å². The molecule has 0 saturated carbocycles. The highest BCUT2D eigenvalue weighted by atomic mass is 16.2. The lowest BCUT2D eigenvalue weighted by atomic mass is 10.2. The van der Waals surface area contributed by atoms with Gasteiger partial charge >= 0.3 is 0 Å². The van der Waals surface area contributed by atoms with E-state index in [1.807, 2.05) is 18.3 Å². The summed E-state index contributed by atoms with van der Waals surface area (Å²) in [5.41, 5.74) is 2.05. The van der Waals surface area contributed by atoms with Gasteiger partial charge in [-0.25, -0.2) is 9.97 Å².